The maximum Gasteiger partial charge on any atom is 0.237 e. The highest BCUT2D eigenvalue weighted by Crippen LogP contribution is 2.35. The molecule has 158 valence electrons. The summed E-state index contributed by atoms with van der Waals surface area (Å²) in [4.78, 5) is 19.8. The van der Waals surface area contributed by atoms with Crippen LogP contribution in [0.3, 0.4) is 0 Å². The number of carbonyl (C=O) groups excluding carboxylic acids is 1. The van der Waals surface area contributed by atoms with Gasteiger partial charge in [0.15, 0.2) is 0 Å². The molecule has 5 nitrogen and oxygen atoms in total. The third-order valence-electron chi connectivity index (χ3n) is 5.82. The fourth-order valence-electron chi connectivity index (χ4n) is 3.97. The standard InChI is InChI=1S/C23H26ClN3O2S/c1-15(22(28)25-14-17-5-3-4-6-20(17)29-2)27-11-9-16(10-12-27)23-26-19-13-18(24)7-8-21(19)30-23/h3-8,13,15-16H,9-12,14H2,1-2H3,(H,25,28). The number of hydrogen-bond donors (Lipinski definition) is 1. The highest BCUT2D eigenvalue weighted by molar-refractivity contribution is 7.18. The van der Waals surface area contributed by atoms with E-state index < -0.39 is 0 Å². The molecule has 30 heavy (non-hydrogen) atoms. The molecule has 1 amide bonds. The van der Waals surface area contributed by atoms with Gasteiger partial charge in [0, 0.05) is 23.0 Å². The molecular formula is C23H26ClN3O2S. The Morgan fingerprint density at radius 3 is 2.83 bits per heavy atom. The second-order valence-electron chi connectivity index (χ2n) is 7.68. The van der Waals surface area contributed by atoms with Crippen molar-refractivity contribution in [2.75, 3.05) is 20.2 Å². The van der Waals surface area contributed by atoms with E-state index >= 15 is 0 Å². The van der Waals surface area contributed by atoms with Gasteiger partial charge < -0.3 is 10.1 Å². The van der Waals surface area contributed by atoms with Crippen molar-refractivity contribution in [2.45, 2.75) is 38.3 Å². The summed E-state index contributed by atoms with van der Waals surface area (Å²) in [6.45, 7) is 4.24. The maximum atomic E-state index is 12.7. The number of likely N-dealkylation sites (tertiary alicyclic amines) is 1. The second kappa shape index (κ2) is 9.33. The molecule has 0 spiro atoms. The Kier molecular flexibility index (Phi) is 6.56. The van der Waals surface area contributed by atoms with Crippen molar-refractivity contribution in [3.63, 3.8) is 0 Å². The van der Waals surface area contributed by atoms with Crippen molar-refractivity contribution in [1.29, 1.82) is 0 Å². The number of amides is 1. The number of methoxy groups -OCH3 is 1. The van der Waals surface area contributed by atoms with Gasteiger partial charge in [0.25, 0.3) is 0 Å². The minimum Gasteiger partial charge on any atom is -0.496 e. The molecule has 1 unspecified atom stereocenters. The number of halogens is 1. The summed E-state index contributed by atoms with van der Waals surface area (Å²) in [6.07, 6.45) is 2.02. The fraction of sp³-hybridized carbons (Fsp3) is 0.391. The SMILES string of the molecule is COc1ccccc1CNC(=O)C(C)N1CCC(c2nc3cc(Cl)ccc3s2)CC1. The van der Waals surface area contributed by atoms with Crippen LogP contribution in [0.1, 0.15) is 36.3 Å². The molecular weight excluding hydrogens is 418 g/mol. The van der Waals surface area contributed by atoms with Crippen molar-refractivity contribution in [3.05, 3.63) is 58.1 Å². The van der Waals surface area contributed by atoms with Crippen LogP contribution in [-0.2, 0) is 11.3 Å². The van der Waals surface area contributed by atoms with Crippen molar-refractivity contribution < 1.29 is 9.53 Å². The highest BCUT2D eigenvalue weighted by Gasteiger charge is 2.28. The first-order chi connectivity index (χ1) is 14.5. The minimum atomic E-state index is -0.158. The number of hydrogen-bond acceptors (Lipinski definition) is 5. The molecule has 3 aromatic rings. The predicted molar refractivity (Wildman–Crippen MR) is 122 cm³/mol. The maximum absolute atomic E-state index is 12.7. The number of para-hydroxylation sites is 1. The molecule has 4 rings (SSSR count). The molecule has 2 aromatic carbocycles. The first kappa shape index (κ1) is 21.1. The van der Waals surface area contributed by atoms with E-state index in [0.29, 0.717) is 12.5 Å². The molecule has 0 saturated carbocycles. The van der Waals surface area contributed by atoms with Gasteiger partial charge in [-0.15, -0.1) is 11.3 Å². The van der Waals surface area contributed by atoms with Gasteiger partial charge in [-0.1, -0.05) is 29.8 Å². The van der Waals surface area contributed by atoms with Crippen LogP contribution in [0.2, 0.25) is 5.02 Å². The average Bonchev–Trinajstić information content (AvgIpc) is 3.20. The topological polar surface area (TPSA) is 54.5 Å². The monoisotopic (exact) mass is 443 g/mol. The summed E-state index contributed by atoms with van der Waals surface area (Å²) in [5.41, 5.74) is 1.96. The summed E-state index contributed by atoms with van der Waals surface area (Å²) in [7, 11) is 1.65. The molecule has 0 aliphatic carbocycles. The summed E-state index contributed by atoms with van der Waals surface area (Å²) >= 11 is 7.85. The summed E-state index contributed by atoms with van der Waals surface area (Å²) < 4.78 is 6.54. The van der Waals surface area contributed by atoms with Gasteiger partial charge >= 0.3 is 0 Å². The number of nitrogens with one attached hydrogen (secondary N) is 1. The molecule has 0 bridgehead atoms. The Bertz CT molecular complexity index is 1030. The van der Waals surface area contributed by atoms with E-state index in [1.165, 1.54) is 9.71 Å². The molecule has 1 aliphatic rings. The molecule has 1 fully saturated rings. The average molecular weight is 444 g/mol. The van der Waals surface area contributed by atoms with Crippen molar-refractivity contribution in [2.24, 2.45) is 0 Å². The van der Waals surface area contributed by atoms with Gasteiger partial charge in [-0.05, 0) is 57.1 Å². The number of benzene rings is 2. The van der Waals surface area contributed by atoms with Gasteiger partial charge in [-0.2, -0.15) is 0 Å². The zero-order chi connectivity index (χ0) is 21.1. The Morgan fingerprint density at radius 1 is 1.30 bits per heavy atom. The van der Waals surface area contributed by atoms with Gasteiger partial charge in [0.1, 0.15) is 5.75 Å². The lowest BCUT2D eigenvalue weighted by Crippen LogP contribution is -2.47. The summed E-state index contributed by atoms with van der Waals surface area (Å²) in [6, 6.07) is 13.5. The van der Waals surface area contributed by atoms with Crippen LogP contribution in [-0.4, -0.2) is 42.0 Å². The predicted octanol–water partition coefficient (Wildman–Crippen LogP) is 4.84. The van der Waals surface area contributed by atoms with Gasteiger partial charge in [0.2, 0.25) is 5.91 Å². The number of thiazole rings is 1. The van der Waals surface area contributed by atoms with Crippen LogP contribution < -0.4 is 10.1 Å². The molecule has 2 heterocycles. The molecule has 1 N–H and O–H groups in total. The summed E-state index contributed by atoms with van der Waals surface area (Å²) in [5, 5.41) is 4.96. The smallest absolute Gasteiger partial charge is 0.237 e. The van der Waals surface area contributed by atoms with E-state index in [4.69, 9.17) is 21.3 Å². The third kappa shape index (κ3) is 4.61. The lowest BCUT2D eigenvalue weighted by atomic mass is 9.96. The Hall–Kier alpha value is -2.15. The van der Waals surface area contributed by atoms with Crippen molar-refractivity contribution >= 4 is 39.1 Å². The molecule has 1 aromatic heterocycles. The first-order valence-corrected chi connectivity index (χ1v) is 11.4. The van der Waals surface area contributed by atoms with E-state index in [2.05, 4.69) is 10.2 Å². The number of carbonyl (C=O) groups is 1. The molecule has 1 saturated heterocycles. The second-order valence-corrected chi connectivity index (χ2v) is 9.18. The normalized spacial score (nSPS) is 16.5. The van der Waals surface area contributed by atoms with Crippen LogP contribution in [0.5, 0.6) is 5.75 Å². The van der Waals surface area contributed by atoms with E-state index in [9.17, 15) is 4.79 Å². The van der Waals surface area contributed by atoms with Gasteiger partial charge in [0.05, 0.1) is 28.4 Å². The number of fused-ring (bicyclic) bond motifs is 1. The van der Waals surface area contributed by atoms with E-state index in [0.717, 1.165) is 47.8 Å². The van der Waals surface area contributed by atoms with Gasteiger partial charge in [-0.25, -0.2) is 4.98 Å². The lowest BCUT2D eigenvalue weighted by Gasteiger charge is -2.34. The van der Waals surface area contributed by atoms with Crippen molar-refractivity contribution in [3.8, 4) is 5.75 Å². The summed E-state index contributed by atoms with van der Waals surface area (Å²) in [5.74, 6) is 1.29. The van der Waals surface area contributed by atoms with E-state index in [1.807, 2.05) is 49.4 Å². The quantitative estimate of drug-likeness (QED) is 0.592. The Labute approximate surface area is 186 Å². The minimum absolute atomic E-state index is 0.0500. The molecule has 1 aliphatic heterocycles. The molecule has 0 radical (unpaired) electrons. The largest absolute Gasteiger partial charge is 0.496 e. The third-order valence-corrected chi connectivity index (χ3v) is 7.25. The van der Waals surface area contributed by atoms with Gasteiger partial charge in [-0.3, -0.25) is 9.69 Å². The van der Waals surface area contributed by atoms with Crippen LogP contribution in [0.25, 0.3) is 10.2 Å². The fourth-order valence-corrected chi connectivity index (χ4v) is 5.25. The number of nitrogens with zero attached hydrogens (tertiary/aromatic N) is 2. The van der Waals surface area contributed by atoms with Crippen LogP contribution in [0.4, 0.5) is 0 Å². The number of ether oxygens (including phenoxy) is 1. The number of rotatable bonds is 6. The molecule has 7 heteroatoms. The van der Waals surface area contributed by atoms with Crippen LogP contribution in [0, 0.1) is 0 Å². The highest BCUT2D eigenvalue weighted by atomic mass is 35.5. The molecule has 1 atom stereocenters. The van der Waals surface area contributed by atoms with E-state index in [-0.39, 0.29) is 11.9 Å². The zero-order valence-electron chi connectivity index (χ0n) is 17.2. The zero-order valence-corrected chi connectivity index (χ0v) is 18.8. The first-order valence-electron chi connectivity index (χ1n) is 10.2. The Morgan fingerprint density at radius 2 is 2.07 bits per heavy atom. The van der Waals surface area contributed by atoms with Crippen LogP contribution >= 0.6 is 22.9 Å². The Balaban J connectivity index is 1.32. The van der Waals surface area contributed by atoms with Crippen LogP contribution in [0.15, 0.2) is 42.5 Å². The van der Waals surface area contributed by atoms with E-state index in [1.54, 1.807) is 18.4 Å². The van der Waals surface area contributed by atoms with Crippen molar-refractivity contribution in [1.82, 2.24) is 15.2 Å². The lowest BCUT2D eigenvalue weighted by molar-refractivity contribution is -0.126. The number of aromatic nitrogens is 1. The number of piperidine rings is 1.